The summed E-state index contributed by atoms with van der Waals surface area (Å²) < 4.78 is 14.8. The zero-order chi connectivity index (χ0) is 22.5. The number of nitrogens with zero attached hydrogens (tertiary/aromatic N) is 2. The summed E-state index contributed by atoms with van der Waals surface area (Å²) in [6.45, 7) is 0. The van der Waals surface area contributed by atoms with Crippen molar-refractivity contribution in [2.45, 2.75) is 12.6 Å². The van der Waals surface area contributed by atoms with Crippen LogP contribution in [0.5, 0.6) is 0 Å². The lowest BCUT2D eigenvalue weighted by Crippen LogP contribution is -2.38. The molecule has 3 heterocycles. The van der Waals surface area contributed by atoms with Gasteiger partial charge in [0.25, 0.3) is 5.91 Å². The largest absolute Gasteiger partial charge is 0.365 e. The van der Waals surface area contributed by atoms with Crippen LogP contribution in [0.25, 0.3) is 11.0 Å². The third-order valence-electron chi connectivity index (χ3n) is 4.82. The van der Waals surface area contributed by atoms with Crippen molar-refractivity contribution in [2.75, 3.05) is 10.6 Å². The number of pyridine rings is 2. The van der Waals surface area contributed by atoms with E-state index in [1.165, 1.54) is 0 Å². The van der Waals surface area contributed by atoms with Gasteiger partial charge in [-0.1, -0.05) is 30.3 Å². The fraction of sp³-hybridized carbons (Fsp3) is 0.0909. The average Bonchev–Trinajstić information content (AvgIpc) is 3.26. The summed E-state index contributed by atoms with van der Waals surface area (Å²) in [6.07, 6.45) is 3.58. The molecule has 9 nitrogen and oxygen atoms in total. The van der Waals surface area contributed by atoms with E-state index in [0.717, 1.165) is 17.0 Å². The maximum Gasteiger partial charge on any atom is 0.252 e. The molecule has 0 aliphatic rings. The lowest BCUT2D eigenvalue weighted by atomic mass is 10.1. The molecule has 0 aliphatic carbocycles. The van der Waals surface area contributed by atoms with E-state index in [-0.39, 0.29) is 17.2 Å². The number of H-pyrrole nitrogens is 1. The maximum absolute atomic E-state index is 14.8. The van der Waals surface area contributed by atoms with Crippen molar-refractivity contribution in [2.24, 2.45) is 5.73 Å². The Bertz CT molecular complexity index is 1260. The second-order valence-electron chi connectivity index (χ2n) is 6.97. The predicted molar refractivity (Wildman–Crippen MR) is 119 cm³/mol. The van der Waals surface area contributed by atoms with Crippen LogP contribution in [0.3, 0.4) is 0 Å². The highest BCUT2D eigenvalue weighted by Gasteiger charge is 2.19. The Balaban J connectivity index is 1.67. The van der Waals surface area contributed by atoms with Gasteiger partial charge >= 0.3 is 0 Å². The molecule has 2 amide bonds. The lowest BCUT2D eigenvalue weighted by Gasteiger charge is -2.20. The molecule has 0 unspecified atom stereocenters. The van der Waals surface area contributed by atoms with Gasteiger partial charge in [-0.05, 0) is 23.8 Å². The van der Waals surface area contributed by atoms with Gasteiger partial charge in [-0.15, -0.1) is 0 Å². The molecule has 0 saturated heterocycles. The lowest BCUT2D eigenvalue weighted by molar-refractivity contribution is -0.110. The van der Waals surface area contributed by atoms with Crippen LogP contribution in [0.2, 0.25) is 0 Å². The highest BCUT2D eigenvalue weighted by Crippen LogP contribution is 2.28. The first-order chi connectivity index (χ1) is 15.5. The number of primary amides is 1. The number of hydrogen-bond donors (Lipinski definition) is 5. The van der Waals surface area contributed by atoms with Gasteiger partial charge in [-0.25, -0.2) is 14.4 Å². The number of benzene rings is 1. The van der Waals surface area contributed by atoms with E-state index < -0.39 is 17.9 Å². The summed E-state index contributed by atoms with van der Waals surface area (Å²) in [7, 11) is 0. The number of anilines is 3. The molecule has 1 aromatic carbocycles. The Morgan fingerprint density at radius 3 is 2.75 bits per heavy atom. The second kappa shape index (κ2) is 9.13. The zero-order valence-corrected chi connectivity index (χ0v) is 16.8. The van der Waals surface area contributed by atoms with Crippen molar-refractivity contribution >= 4 is 40.7 Å². The Kier molecular flexibility index (Phi) is 5.93. The number of aromatic amines is 1. The molecule has 32 heavy (non-hydrogen) atoms. The molecule has 4 aromatic rings. The number of carbonyl (C=O) groups is 2. The number of hydrogen-bond acceptors (Lipinski definition) is 6. The van der Waals surface area contributed by atoms with Gasteiger partial charge in [-0.3, -0.25) is 9.59 Å². The molecule has 0 saturated carbocycles. The number of amides is 2. The molecule has 10 heteroatoms. The van der Waals surface area contributed by atoms with E-state index in [4.69, 9.17) is 5.73 Å². The second-order valence-corrected chi connectivity index (χ2v) is 6.97. The van der Waals surface area contributed by atoms with E-state index >= 15 is 0 Å². The summed E-state index contributed by atoms with van der Waals surface area (Å²) in [5.41, 5.74) is 7.50. The van der Waals surface area contributed by atoms with Crippen molar-refractivity contribution in [3.05, 3.63) is 77.9 Å². The smallest absolute Gasteiger partial charge is 0.252 e. The molecule has 4 rings (SSSR count). The summed E-state index contributed by atoms with van der Waals surface area (Å²) in [5.74, 6) is -1.69. The van der Waals surface area contributed by atoms with Crippen molar-refractivity contribution < 1.29 is 14.0 Å². The average molecular weight is 433 g/mol. The van der Waals surface area contributed by atoms with Crippen LogP contribution < -0.4 is 21.7 Å². The molecule has 162 valence electrons. The first-order valence-electron chi connectivity index (χ1n) is 9.75. The van der Waals surface area contributed by atoms with Crippen LogP contribution in [0.4, 0.5) is 21.7 Å². The van der Waals surface area contributed by atoms with Crippen LogP contribution in [0.15, 0.2) is 60.9 Å². The topological polar surface area (TPSA) is 138 Å². The molecule has 0 fully saturated rings. The van der Waals surface area contributed by atoms with E-state index in [1.54, 1.807) is 24.5 Å². The first-order valence-corrected chi connectivity index (χ1v) is 9.75. The Labute approximate surface area is 182 Å². The minimum Gasteiger partial charge on any atom is -0.365 e. The molecule has 3 aromatic heterocycles. The van der Waals surface area contributed by atoms with E-state index in [2.05, 4.69) is 30.9 Å². The predicted octanol–water partition coefficient (Wildman–Crippen LogP) is 2.67. The van der Waals surface area contributed by atoms with Crippen LogP contribution in [-0.4, -0.2) is 33.4 Å². The third-order valence-corrected chi connectivity index (χ3v) is 4.82. The third kappa shape index (κ3) is 4.48. The fourth-order valence-corrected chi connectivity index (χ4v) is 3.32. The van der Waals surface area contributed by atoms with Crippen LogP contribution in [-0.2, 0) is 11.2 Å². The highest BCUT2D eigenvalue weighted by molar-refractivity contribution is 6.00. The molecular weight excluding hydrogens is 413 g/mol. The highest BCUT2D eigenvalue weighted by atomic mass is 19.1. The number of carbonyl (C=O) groups excluding carboxylic acids is 2. The molecule has 0 aliphatic heterocycles. The van der Waals surface area contributed by atoms with Gasteiger partial charge in [0.2, 0.25) is 6.41 Å². The number of nitrogens with one attached hydrogen (secondary N) is 4. The molecular formula is C22H20FN7O2. The normalized spacial score (nSPS) is 11.7. The molecule has 0 bridgehead atoms. The Hall–Kier alpha value is -4.47. The maximum atomic E-state index is 14.8. The minimum absolute atomic E-state index is 0.0691. The molecule has 6 N–H and O–H groups in total. The summed E-state index contributed by atoms with van der Waals surface area (Å²) in [6, 6.07) is 13.9. The van der Waals surface area contributed by atoms with E-state index in [0.29, 0.717) is 24.2 Å². The monoisotopic (exact) mass is 433 g/mol. The minimum atomic E-state index is -0.836. The van der Waals surface area contributed by atoms with Crippen molar-refractivity contribution in [3.63, 3.8) is 0 Å². The summed E-state index contributed by atoms with van der Waals surface area (Å²) in [5, 5.41) is 9.29. The van der Waals surface area contributed by atoms with Gasteiger partial charge in [-0.2, -0.15) is 0 Å². The Morgan fingerprint density at radius 1 is 1.19 bits per heavy atom. The van der Waals surface area contributed by atoms with E-state index in [1.807, 2.05) is 30.3 Å². The van der Waals surface area contributed by atoms with Crippen molar-refractivity contribution in [1.29, 1.82) is 0 Å². The quantitative estimate of drug-likeness (QED) is 0.203. The number of rotatable bonds is 9. The first kappa shape index (κ1) is 20.8. The molecule has 1 atom stereocenters. The number of fused-ring (bicyclic) bond motifs is 1. The zero-order valence-electron chi connectivity index (χ0n) is 16.8. The van der Waals surface area contributed by atoms with Crippen LogP contribution in [0, 0.1) is 5.82 Å². The van der Waals surface area contributed by atoms with Gasteiger partial charge < -0.3 is 26.7 Å². The van der Waals surface area contributed by atoms with Crippen molar-refractivity contribution in [3.8, 4) is 0 Å². The van der Waals surface area contributed by atoms with Gasteiger partial charge in [0.15, 0.2) is 11.6 Å². The van der Waals surface area contributed by atoms with Crippen molar-refractivity contribution in [1.82, 2.24) is 20.3 Å². The van der Waals surface area contributed by atoms with E-state index in [9.17, 15) is 14.0 Å². The van der Waals surface area contributed by atoms with Gasteiger partial charge in [0.1, 0.15) is 17.6 Å². The molecule has 0 spiro atoms. The SMILES string of the molecule is NC(=O)c1cc(F)c(N[C@H](Cc2ccccc2)NC=O)nc1Nc1ccnc2[nH]ccc12. The summed E-state index contributed by atoms with van der Waals surface area (Å²) in [4.78, 5) is 34.5. The molecule has 0 radical (unpaired) electrons. The van der Waals surface area contributed by atoms with Crippen LogP contribution in [0.1, 0.15) is 15.9 Å². The number of aromatic nitrogens is 3. The number of halogens is 1. The standard InChI is InChI=1S/C22H20FN7O2/c23-16-11-15(19(24)32)21(28-17-7-9-26-20-14(17)6-8-25-20)30-22(16)29-18(27-12-31)10-13-4-2-1-3-5-13/h1-9,11-12,18H,10H2,(H2,24,32)(H,27,31)(H3,25,26,28,29,30)/t18-/m1/s1. The number of nitrogens with two attached hydrogens (primary N) is 1. The fourth-order valence-electron chi connectivity index (χ4n) is 3.32. The Morgan fingerprint density at radius 2 is 2.00 bits per heavy atom. The summed E-state index contributed by atoms with van der Waals surface area (Å²) >= 11 is 0. The van der Waals surface area contributed by atoms with Gasteiger partial charge in [0, 0.05) is 24.2 Å². The van der Waals surface area contributed by atoms with Crippen LogP contribution >= 0.6 is 0 Å². The van der Waals surface area contributed by atoms with Gasteiger partial charge in [0.05, 0.1) is 11.3 Å².